The predicted molar refractivity (Wildman–Crippen MR) is 59.2 cm³/mol. The van der Waals surface area contributed by atoms with Gasteiger partial charge in [-0.3, -0.25) is 0 Å². The van der Waals surface area contributed by atoms with Gasteiger partial charge < -0.3 is 11.1 Å². The summed E-state index contributed by atoms with van der Waals surface area (Å²) in [6.07, 6.45) is 0. The van der Waals surface area contributed by atoms with Gasteiger partial charge in [-0.2, -0.15) is 9.64 Å². The Morgan fingerprint density at radius 2 is 2.14 bits per heavy atom. The van der Waals surface area contributed by atoms with Crippen molar-refractivity contribution in [2.75, 3.05) is 11.1 Å². The van der Waals surface area contributed by atoms with E-state index in [-0.39, 0.29) is 0 Å². The number of aromatic nitrogens is 1. The SMILES string of the molecule is CC(C)C(C)Nc1snc(N)c1C#N. The van der Waals surface area contributed by atoms with Crippen LogP contribution < -0.4 is 11.1 Å². The molecule has 76 valence electrons. The standard InChI is InChI=1S/C9H14N4S/c1-5(2)6(3)12-9-7(4-10)8(11)13-14-9/h5-6,12H,1-3H3,(H2,11,13). The molecule has 1 aromatic rings. The van der Waals surface area contributed by atoms with Crippen molar-refractivity contribution in [3.05, 3.63) is 5.56 Å². The molecule has 0 radical (unpaired) electrons. The summed E-state index contributed by atoms with van der Waals surface area (Å²) in [5, 5.41) is 12.8. The molecule has 4 nitrogen and oxygen atoms in total. The fraction of sp³-hybridized carbons (Fsp3) is 0.556. The Morgan fingerprint density at radius 1 is 1.50 bits per heavy atom. The van der Waals surface area contributed by atoms with Crippen LogP contribution >= 0.6 is 11.5 Å². The van der Waals surface area contributed by atoms with Crippen LogP contribution in [0.15, 0.2) is 0 Å². The van der Waals surface area contributed by atoms with Crippen LogP contribution in [0.1, 0.15) is 26.3 Å². The second-order valence-electron chi connectivity index (χ2n) is 3.56. The Bertz CT molecular complexity index is 350. The second kappa shape index (κ2) is 4.29. The Balaban J connectivity index is 2.83. The van der Waals surface area contributed by atoms with Crippen molar-refractivity contribution in [1.82, 2.24) is 4.37 Å². The molecule has 0 saturated heterocycles. The molecule has 14 heavy (non-hydrogen) atoms. The lowest BCUT2D eigenvalue weighted by atomic mass is 10.1. The molecule has 0 fully saturated rings. The van der Waals surface area contributed by atoms with Gasteiger partial charge in [0, 0.05) is 6.04 Å². The molecule has 0 aliphatic rings. The van der Waals surface area contributed by atoms with Gasteiger partial charge in [0.1, 0.15) is 16.6 Å². The van der Waals surface area contributed by atoms with Crippen LogP contribution in [-0.2, 0) is 0 Å². The van der Waals surface area contributed by atoms with E-state index in [1.54, 1.807) is 0 Å². The molecule has 0 amide bonds. The van der Waals surface area contributed by atoms with Crippen molar-refractivity contribution in [3.63, 3.8) is 0 Å². The highest BCUT2D eigenvalue weighted by atomic mass is 32.1. The fourth-order valence-electron chi connectivity index (χ4n) is 0.882. The highest BCUT2D eigenvalue weighted by molar-refractivity contribution is 7.10. The Labute approximate surface area is 87.9 Å². The van der Waals surface area contributed by atoms with Gasteiger partial charge in [-0.1, -0.05) is 13.8 Å². The van der Waals surface area contributed by atoms with E-state index in [2.05, 4.69) is 30.5 Å². The van der Waals surface area contributed by atoms with Gasteiger partial charge in [0.05, 0.1) is 0 Å². The molecule has 0 spiro atoms. The molecular weight excluding hydrogens is 196 g/mol. The van der Waals surface area contributed by atoms with Crippen LogP contribution in [0.5, 0.6) is 0 Å². The van der Waals surface area contributed by atoms with Crippen molar-refractivity contribution < 1.29 is 0 Å². The lowest BCUT2D eigenvalue weighted by Gasteiger charge is -2.17. The quantitative estimate of drug-likeness (QED) is 0.800. The van der Waals surface area contributed by atoms with Gasteiger partial charge in [0.25, 0.3) is 0 Å². The summed E-state index contributed by atoms with van der Waals surface area (Å²) in [7, 11) is 0. The second-order valence-corrected chi connectivity index (χ2v) is 4.33. The van der Waals surface area contributed by atoms with Crippen LogP contribution in [0, 0.1) is 17.2 Å². The van der Waals surface area contributed by atoms with Gasteiger partial charge in [0.15, 0.2) is 5.82 Å². The predicted octanol–water partition coefficient (Wildman–Crippen LogP) is 2.05. The molecule has 1 unspecified atom stereocenters. The number of nitrogens with zero attached hydrogens (tertiary/aromatic N) is 2. The topological polar surface area (TPSA) is 74.7 Å². The molecule has 0 aromatic carbocycles. The first-order valence-electron chi connectivity index (χ1n) is 4.48. The molecule has 1 heterocycles. The minimum Gasteiger partial charge on any atom is -0.382 e. The molecule has 5 heteroatoms. The maximum Gasteiger partial charge on any atom is 0.157 e. The van der Waals surface area contributed by atoms with Gasteiger partial charge in [-0.05, 0) is 24.4 Å². The number of hydrogen-bond donors (Lipinski definition) is 2. The molecule has 0 aliphatic heterocycles. The van der Waals surface area contributed by atoms with Crippen molar-refractivity contribution in [3.8, 4) is 6.07 Å². The maximum absolute atomic E-state index is 8.84. The van der Waals surface area contributed by atoms with E-state index in [0.717, 1.165) is 5.00 Å². The number of rotatable bonds is 3. The van der Waals surface area contributed by atoms with Gasteiger partial charge in [0.2, 0.25) is 0 Å². The highest BCUT2D eigenvalue weighted by Crippen LogP contribution is 2.27. The summed E-state index contributed by atoms with van der Waals surface area (Å²) in [6.45, 7) is 6.31. The first-order valence-corrected chi connectivity index (χ1v) is 5.25. The molecule has 1 aromatic heterocycles. The Morgan fingerprint density at radius 3 is 2.64 bits per heavy atom. The summed E-state index contributed by atoms with van der Waals surface area (Å²) >= 11 is 1.24. The van der Waals surface area contributed by atoms with E-state index in [9.17, 15) is 0 Å². The summed E-state index contributed by atoms with van der Waals surface area (Å²) in [4.78, 5) is 0. The summed E-state index contributed by atoms with van der Waals surface area (Å²) in [5.74, 6) is 0.820. The van der Waals surface area contributed by atoms with E-state index in [0.29, 0.717) is 23.3 Å². The van der Waals surface area contributed by atoms with Crippen LogP contribution in [0.3, 0.4) is 0 Å². The van der Waals surface area contributed by atoms with Gasteiger partial charge in [-0.15, -0.1) is 0 Å². The van der Waals surface area contributed by atoms with Crippen molar-refractivity contribution in [2.24, 2.45) is 5.92 Å². The molecule has 0 saturated carbocycles. The van der Waals surface area contributed by atoms with Crippen LogP contribution in [-0.4, -0.2) is 10.4 Å². The average Bonchev–Trinajstić information content (AvgIpc) is 2.46. The summed E-state index contributed by atoms with van der Waals surface area (Å²) in [6, 6.07) is 2.36. The van der Waals surface area contributed by atoms with Gasteiger partial charge >= 0.3 is 0 Å². The first kappa shape index (κ1) is 10.8. The third kappa shape index (κ3) is 2.15. The third-order valence-corrected chi connectivity index (χ3v) is 2.98. The largest absolute Gasteiger partial charge is 0.382 e. The van der Waals surface area contributed by atoms with Gasteiger partial charge in [-0.25, -0.2) is 0 Å². The smallest absolute Gasteiger partial charge is 0.157 e. The van der Waals surface area contributed by atoms with Crippen molar-refractivity contribution >= 4 is 22.4 Å². The minimum atomic E-state index is 0.307. The zero-order valence-corrected chi connectivity index (χ0v) is 9.35. The van der Waals surface area contributed by atoms with E-state index < -0.39 is 0 Å². The third-order valence-electron chi connectivity index (χ3n) is 2.19. The molecule has 3 N–H and O–H groups in total. The number of anilines is 2. The summed E-state index contributed by atoms with van der Waals surface area (Å²) < 4.78 is 3.93. The lowest BCUT2D eigenvalue weighted by Crippen LogP contribution is -2.21. The van der Waals surface area contributed by atoms with Crippen molar-refractivity contribution in [2.45, 2.75) is 26.8 Å². The number of nitrogen functional groups attached to an aromatic ring is 1. The first-order chi connectivity index (χ1) is 6.56. The van der Waals surface area contributed by atoms with Crippen LogP contribution in [0.25, 0.3) is 0 Å². The number of nitrogens with two attached hydrogens (primary N) is 1. The Kier molecular flexibility index (Phi) is 3.31. The monoisotopic (exact) mass is 210 g/mol. The summed E-state index contributed by atoms with van der Waals surface area (Å²) in [5.41, 5.74) is 6.00. The number of nitriles is 1. The Hall–Kier alpha value is -1.28. The van der Waals surface area contributed by atoms with Crippen LogP contribution in [0.4, 0.5) is 10.8 Å². The zero-order chi connectivity index (χ0) is 10.7. The number of hydrogen-bond acceptors (Lipinski definition) is 5. The van der Waals surface area contributed by atoms with E-state index in [1.807, 2.05) is 6.07 Å². The normalized spacial score (nSPS) is 12.5. The highest BCUT2D eigenvalue weighted by Gasteiger charge is 2.14. The molecule has 1 atom stereocenters. The fourth-order valence-corrected chi connectivity index (χ4v) is 1.64. The number of nitrogens with one attached hydrogen (secondary N) is 1. The lowest BCUT2D eigenvalue weighted by molar-refractivity contribution is 0.561. The average molecular weight is 210 g/mol. The molecule has 0 bridgehead atoms. The maximum atomic E-state index is 8.84. The molecular formula is C9H14N4S. The minimum absolute atomic E-state index is 0.307. The van der Waals surface area contributed by atoms with Crippen LogP contribution in [0.2, 0.25) is 0 Å². The van der Waals surface area contributed by atoms with E-state index in [4.69, 9.17) is 11.0 Å². The van der Waals surface area contributed by atoms with E-state index in [1.165, 1.54) is 11.5 Å². The molecule has 0 aliphatic carbocycles. The molecule has 1 rings (SSSR count). The van der Waals surface area contributed by atoms with Crippen molar-refractivity contribution in [1.29, 1.82) is 5.26 Å². The van der Waals surface area contributed by atoms with E-state index >= 15 is 0 Å². The zero-order valence-electron chi connectivity index (χ0n) is 8.53.